The number of ether oxygens (including phenoxy) is 1. The van der Waals surface area contributed by atoms with Crippen LogP contribution in [0.3, 0.4) is 0 Å². The molecule has 1 aromatic carbocycles. The highest BCUT2D eigenvalue weighted by Gasteiger charge is 2.17. The third-order valence-corrected chi connectivity index (χ3v) is 4.58. The molecule has 0 saturated heterocycles. The van der Waals surface area contributed by atoms with Gasteiger partial charge in [0.25, 0.3) is 5.91 Å². The summed E-state index contributed by atoms with van der Waals surface area (Å²) in [4.78, 5) is 18.6. The molecule has 1 amide bonds. The van der Waals surface area contributed by atoms with Crippen molar-refractivity contribution >= 4 is 45.0 Å². The second kappa shape index (κ2) is 10.00. The Labute approximate surface area is 166 Å². The van der Waals surface area contributed by atoms with Gasteiger partial charge in [-0.1, -0.05) is 42.6 Å². The van der Waals surface area contributed by atoms with Gasteiger partial charge in [-0.05, 0) is 40.5 Å². The first kappa shape index (κ1) is 20.0. The van der Waals surface area contributed by atoms with Crippen molar-refractivity contribution in [1.29, 1.82) is 0 Å². The molecule has 4 nitrogen and oxygen atoms in total. The van der Waals surface area contributed by atoms with Gasteiger partial charge in [-0.3, -0.25) is 9.78 Å². The third kappa shape index (κ3) is 5.87. The molecule has 0 bridgehead atoms. The van der Waals surface area contributed by atoms with Crippen LogP contribution in [-0.2, 0) is 0 Å². The van der Waals surface area contributed by atoms with Crippen LogP contribution in [0.4, 0.5) is 0 Å². The number of halogens is 3. The van der Waals surface area contributed by atoms with Crippen molar-refractivity contribution < 1.29 is 9.53 Å². The van der Waals surface area contributed by atoms with Gasteiger partial charge < -0.3 is 9.64 Å². The van der Waals surface area contributed by atoms with E-state index >= 15 is 0 Å². The minimum Gasteiger partial charge on any atom is -0.489 e. The Morgan fingerprint density at radius 1 is 1.24 bits per heavy atom. The summed E-state index contributed by atoms with van der Waals surface area (Å²) in [5.41, 5.74) is 0.543. The lowest BCUT2D eigenvalue weighted by molar-refractivity contribution is 0.0727. The molecule has 0 unspecified atom stereocenters. The first-order valence-corrected chi connectivity index (χ1v) is 9.54. The molecule has 0 radical (unpaired) electrons. The molecule has 0 atom stereocenters. The van der Waals surface area contributed by atoms with E-state index in [2.05, 4.69) is 27.8 Å². The van der Waals surface area contributed by atoms with E-state index in [9.17, 15) is 4.79 Å². The summed E-state index contributed by atoms with van der Waals surface area (Å²) in [5, 5.41) is 0.908. The Bertz CT molecular complexity index is 708. The second-order valence-corrected chi connectivity index (χ2v) is 7.17. The van der Waals surface area contributed by atoms with E-state index in [4.69, 9.17) is 27.9 Å². The Kier molecular flexibility index (Phi) is 8.00. The Hall–Kier alpha value is -1.30. The maximum atomic E-state index is 12.7. The summed E-state index contributed by atoms with van der Waals surface area (Å²) in [6, 6.07) is 6.96. The summed E-state index contributed by atoms with van der Waals surface area (Å²) < 4.78 is 6.48. The largest absolute Gasteiger partial charge is 0.489 e. The molecule has 0 saturated carbocycles. The summed E-state index contributed by atoms with van der Waals surface area (Å²) in [6.45, 7) is 3.48. The number of hydrogen-bond acceptors (Lipinski definition) is 3. The Morgan fingerprint density at radius 2 is 1.96 bits per heavy atom. The number of rotatable bonds is 8. The number of unbranched alkanes of at least 4 members (excludes halogenated alkanes) is 1. The first-order valence-electron chi connectivity index (χ1n) is 7.99. The fourth-order valence-electron chi connectivity index (χ4n) is 2.25. The van der Waals surface area contributed by atoms with Crippen molar-refractivity contribution in [2.75, 3.05) is 19.7 Å². The number of hydrogen-bond donors (Lipinski definition) is 0. The monoisotopic (exact) mass is 444 g/mol. The highest BCUT2D eigenvalue weighted by Crippen LogP contribution is 2.32. The topological polar surface area (TPSA) is 42.4 Å². The van der Waals surface area contributed by atoms with Crippen LogP contribution in [0.15, 0.2) is 41.1 Å². The molecule has 0 spiro atoms. The van der Waals surface area contributed by atoms with Gasteiger partial charge in [0.1, 0.15) is 6.61 Å². The Morgan fingerprint density at radius 3 is 2.60 bits per heavy atom. The zero-order valence-corrected chi connectivity index (χ0v) is 16.9. The smallest absolute Gasteiger partial charge is 0.255 e. The Balaban J connectivity index is 2.03. The van der Waals surface area contributed by atoms with E-state index in [-0.39, 0.29) is 5.91 Å². The van der Waals surface area contributed by atoms with Gasteiger partial charge >= 0.3 is 0 Å². The number of nitrogens with zero attached hydrogens (tertiary/aromatic N) is 2. The fraction of sp³-hybridized carbons (Fsp3) is 0.333. The normalized spacial score (nSPS) is 10.6. The van der Waals surface area contributed by atoms with Gasteiger partial charge in [0, 0.05) is 23.4 Å². The number of carbonyl (C=O) groups excluding carboxylic acids is 1. The number of para-hydroxylation sites is 1. The average molecular weight is 446 g/mol. The number of amides is 1. The van der Waals surface area contributed by atoms with Gasteiger partial charge in [0.2, 0.25) is 0 Å². The van der Waals surface area contributed by atoms with E-state index in [0.29, 0.717) is 41.1 Å². The molecule has 2 aromatic rings. The van der Waals surface area contributed by atoms with Crippen molar-refractivity contribution in [2.24, 2.45) is 0 Å². The quantitative estimate of drug-likeness (QED) is 0.540. The average Bonchev–Trinajstić information content (AvgIpc) is 2.59. The predicted molar refractivity (Wildman–Crippen MR) is 105 cm³/mol. The summed E-state index contributed by atoms with van der Waals surface area (Å²) in [5.74, 6) is 0.369. The molecular weight excluding hydrogens is 427 g/mol. The van der Waals surface area contributed by atoms with E-state index in [1.165, 1.54) is 0 Å². The van der Waals surface area contributed by atoms with Crippen molar-refractivity contribution in [3.63, 3.8) is 0 Å². The third-order valence-electron chi connectivity index (χ3n) is 3.55. The van der Waals surface area contributed by atoms with Crippen molar-refractivity contribution in [2.45, 2.75) is 19.8 Å². The number of benzene rings is 1. The lowest BCUT2D eigenvalue weighted by Gasteiger charge is -2.23. The van der Waals surface area contributed by atoms with Crippen molar-refractivity contribution in [1.82, 2.24) is 9.88 Å². The summed E-state index contributed by atoms with van der Waals surface area (Å²) in [6.07, 6.45) is 5.13. The van der Waals surface area contributed by atoms with E-state index in [1.807, 2.05) is 0 Å². The van der Waals surface area contributed by atoms with Gasteiger partial charge in [-0.2, -0.15) is 0 Å². The molecule has 0 aliphatic carbocycles. The minimum atomic E-state index is -0.0731. The molecule has 134 valence electrons. The zero-order chi connectivity index (χ0) is 18.2. The van der Waals surface area contributed by atoms with E-state index in [1.54, 1.807) is 41.6 Å². The number of carbonyl (C=O) groups is 1. The van der Waals surface area contributed by atoms with Crippen LogP contribution >= 0.6 is 39.1 Å². The molecule has 25 heavy (non-hydrogen) atoms. The molecule has 0 aliphatic rings. The molecule has 1 heterocycles. The van der Waals surface area contributed by atoms with E-state index < -0.39 is 0 Å². The zero-order valence-electron chi connectivity index (χ0n) is 13.8. The van der Waals surface area contributed by atoms with Gasteiger partial charge in [0.05, 0.1) is 22.2 Å². The minimum absolute atomic E-state index is 0.0731. The number of aromatic nitrogens is 1. The standard InChI is InChI=1S/C18H19BrCl2N2O2/c1-2-3-7-23(18(24)13-10-14(19)12-22-11-13)8-9-25-17-15(20)5-4-6-16(17)21/h4-6,10-12H,2-3,7-9H2,1H3. The molecule has 0 fully saturated rings. The maximum Gasteiger partial charge on any atom is 0.255 e. The van der Waals surface area contributed by atoms with Gasteiger partial charge in [-0.15, -0.1) is 0 Å². The van der Waals surface area contributed by atoms with Gasteiger partial charge in [0.15, 0.2) is 5.75 Å². The van der Waals surface area contributed by atoms with Gasteiger partial charge in [-0.25, -0.2) is 0 Å². The van der Waals surface area contributed by atoms with Crippen molar-refractivity contribution in [3.05, 3.63) is 56.7 Å². The SMILES string of the molecule is CCCCN(CCOc1c(Cl)cccc1Cl)C(=O)c1cncc(Br)c1. The van der Waals surface area contributed by atoms with E-state index in [0.717, 1.165) is 17.3 Å². The van der Waals surface area contributed by atoms with Crippen LogP contribution in [0.1, 0.15) is 30.1 Å². The molecule has 1 aromatic heterocycles. The predicted octanol–water partition coefficient (Wildman–Crippen LogP) is 5.47. The number of pyridine rings is 1. The van der Waals surface area contributed by atoms with Crippen LogP contribution in [0, 0.1) is 0 Å². The van der Waals surface area contributed by atoms with Crippen LogP contribution in [0.5, 0.6) is 5.75 Å². The van der Waals surface area contributed by atoms with Crippen LogP contribution in [-0.4, -0.2) is 35.5 Å². The molecule has 7 heteroatoms. The highest BCUT2D eigenvalue weighted by molar-refractivity contribution is 9.10. The molecule has 2 rings (SSSR count). The molecule has 0 aliphatic heterocycles. The highest BCUT2D eigenvalue weighted by atomic mass is 79.9. The first-order chi connectivity index (χ1) is 12.0. The summed E-state index contributed by atoms with van der Waals surface area (Å²) >= 11 is 15.5. The maximum absolute atomic E-state index is 12.7. The fourth-order valence-corrected chi connectivity index (χ4v) is 3.12. The van der Waals surface area contributed by atoms with Crippen LogP contribution in [0.25, 0.3) is 0 Å². The van der Waals surface area contributed by atoms with Crippen LogP contribution < -0.4 is 4.74 Å². The lowest BCUT2D eigenvalue weighted by Crippen LogP contribution is -2.35. The summed E-state index contributed by atoms with van der Waals surface area (Å²) in [7, 11) is 0. The lowest BCUT2D eigenvalue weighted by atomic mass is 10.2. The molecule has 0 N–H and O–H groups in total. The molecular formula is C18H19BrCl2N2O2. The van der Waals surface area contributed by atoms with Crippen LogP contribution in [0.2, 0.25) is 10.0 Å². The second-order valence-electron chi connectivity index (χ2n) is 5.44. The van der Waals surface area contributed by atoms with Crippen molar-refractivity contribution in [3.8, 4) is 5.75 Å².